The highest BCUT2D eigenvalue weighted by Gasteiger charge is 2.34. The van der Waals surface area contributed by atoms with Gasteiger partial charge >= 0.3 is 0 Å². The SMILES string of the molecule is Cc1ccc(S(=O)(=O)N2CCC(n3nccn3)C2)cc1C. The minimum atomic E-state index is -3.44. The van der Waals surface area contributed by atoms with E-state index in [0.29, 0.717) is 18.0 Å². The van der Waals surface area contributed by atoms with E-state index in [1.807, 2.05) is 19.9 Å². The molecule has 112 valence electrons. The zero-order valence-corrected chi connectivity index (χ0v) is 12.9. The van der Waals surface area contributed by atoms with Crippen molar-refractivity contribution in [2.24, 2.45) is 0 Å². The zero-order valence-electron chi connectivity index (χ0n) is 12.1. The van der Waals surface area contributed by atoms with Crippen LogP contribution in [0.3, 0.4) is 0 Å². The van der Waals surface area contributed by atoms with Crippen LogP contribution in [0.1, 0.15) is 23.6 Å². The van der Waals surface area contributed by atoms with Gasteiger partial charge in [0.05, 0.1) is 23.3 Å². The lowest BCUT2D eigenvalue weighted by atomic mass is 10.1. The van der Waals surface area contributed by atoms with E-state index in [2.05, 4.69) is 10.2 Å². The highest BCUT2D eigenvalue weighted by Crippen LogP contribution is 2.27. The predicted octanol–water partition coefficient (Wildman–Crippen LogP) is 1.53. The molecule has 0 spiro atoms. The van der Waals surface area contributed by atoms with Crippen molar-refractivity contribution in [3.8, 4) is 0 Å². The van der Waals surface area contributed by atoms with Crippen molar-refractivity contribution in [3.63, 3.8) is 0 Å². The van der Waals surface area contributed by atoms with Crippen LogP contribution in [0.5, 0.6) is 0 Å². The van der Waals surface area contributed by atoms with Gasteiger partial charge in [0.1, 0.15) is 0 Å². The normalized spacial score (nSPS) is 20.0. The van der Waals surface area contributed by atoms with Crippen molar-refractivity contribution in [2.45, 2.75) is 31.2 Å². The monoisotopic (exact) mass is 306 g/mol. The number of rotatable bonds is 3. The van der Waals surface area contributed by atoms with Gasteiger partial charge in [-0.05, 0) is 43.5 Å². The number of nitrogens with zero attached hydrogens (tertiary/aromatic N) is 4. The molecule has 1 aromatic carbocycles. The van der Waals surface area contributed by atoms with Crippen LogP contribution in [-0.2, 0) is 10.0 Å². The molecule has 21 heavy (non-hydrogen) atoms. The molecule has 0 saturated carbocycles. The van der Waals surface area contributed by atoms with E-state index in [-0.39, 0.29) is 6.04 Å². The average molecular weight is 306 g/mol. The number of hydrogen-bond acceptors (Lipinski definition) is 4. The Morgan fingerprint density at radius 1 is 1.14 bits per heavy atom. The van der Waals surface area contributed by atoms with E-state index >= 15 is 0 Å². The molecular formula is C14H18N4O2S. The van der Waals surface area contributed by atoms with Gasteiger partial charge in [-0.1, -0.05) is 6.07 Å². The number of sulfonamides is 1. The fourth-order valence-electron chi connectivity index (χ4n) is 2.56. The molecule has 0 bridgehead atoms. The first-order chi connectivity index (χ1) is 9.98. The maximum atomic E-state index is 12.7. The van der Waals surface area contributed by atoms with E-state index in [1.165, 1.54) is 4.31 Å². The molecule has 0 aliphatic carbocycles. The van der Waals surface area contributed by atoms with Crippen LogP contribution in [-0.4, -0.2) is 40.8 Å². The van der Waals surface area contributed by atoms with E-state index in [0.717, 1.165) is 17.5 Å². The number of hydrogen-bond donors (Lipinski definition) is 0. The largest absolute Gasteiger partial charge is 0.243 e. The maximum Gasteiger partial charge on any atom is 0.243 e. The van der Waals surface area contributed by atoms with E-state index in [1.54, 1.807) is 29.3 Å². The molecule has 1 saturated heterocycles. The third kappa shape index (κ3) is 2.58. The fraction of sp³-hybridized carbons (Fsp3) is 0.429. The minimum absolute atomic E-state index is 0.0151. The molecule has 6 nitrogen and oxygen atoms in total. The summed E-state index contributed by atoms with van der Waals surface area (Å²) in [6, 6.07) is 5.29. The van der Waals surface area contributed by atoms with Gasteiger partial charge < -0.3 is 0 Å². The Bertz CT molecular complexity index is 740. The molecule has 0 amide bonds. The Morgan fingerprint density at radius 2 is 1.86 bits per heavy atom. The lowest BCUT2D eigenvalue weighted by Gasteiger charge is -2.17. The smallest absolute Gasteiger partial charge is 0.207 e. The molecule has 2 aromatic rings. The molecule has 1 fully saturated rings. The standard InChI is InChI=1S/C14H18N4O2S/c1-11-3-4-14(9-12(11)2)21(19,20)17-8-5-13(10-17)18-15-6-7-16-18/h3-4,6-7,9,13H,5,8,10H2,1-2H3. The first kappa shape index (κ1) is 14.2. The van der Waals surface area contributed by atoms with Gasteiger partial charge in [0.2, 0.25) is 10.0 Å². The van der Waals surface area contributed by atoms with Crippen molar-refractivity contribution >= 4 is 10.0 Å². The van der Waals surface area contributed by atoms with E-state index in [4.69, 9.17) is 0 Å². The number of aryl methyl sites for hydroxylation is 2. The van der Waals surface area contributed by atoms with Gasteiger partial charge in [-0.25, -0.2) is 8.42 Å². The summed E-state index contributed by atoms with van der Waals surface area (Å²) in [5.41, 5.74) is 2.08. The van der Waals surface area contributed by atoms with E-state index in [9.17, 15) is 8.42 Å². The first-order valence-corrected chi connectivity index (χ1v) is 8.36. The maximum absolute atomic E-state index is 12.7. The van der Waals surface area contributed by atoms with Gasteiger partial charge in [0, 0.05) is 13.1 Å². The second-order valence-corrected chi connectivity index (χ2v) is 7.34. The molecule has 1 unspecified atom stereocenters. The Hall–Kier alpha value is -1.73. The third-order valence-electron chi connectivity index (χ3n) is 4.01. The van der Waals surface area contributed by atoms with Gasteiger partial charge in [0.25, 0.3) is 0 Å². The summed E-state index contributed by atoms with van der Waals surface area (Å²) in [5.74, 6) is 0. The van der Waals surface area contributed by atoms with Crippen LogP contribution in [0.25, 0.3) is 0 Å². The number of benzene rings is 1. The topological polar surface area (TPSA) is 68.1 Å². The molecule has 2 heterocycles. The van der Waals surface area contributed by atoms with Crippen LogP contribution in [0.15, 0.2) is 35.5 Å². The summed E-state index contributed by atoms with van der Waals surface area (Å²) >= 11 is 0. The third-order valence-corrected chi connectivity index (χ3v) is 5.87. The molecular weight excluding hydrogens is 288 g/mol. The summed E-state index contributed by atoms with van der Waals surface area (Å²) in [7, 11) is -3.44. The van der Waals surface area contributed by atoms with Crippen molar-refractivity contribution in [1.29, 1.82) is 0 Å². The highest BCUT2D eigenvalue weighted by atomic mass is 32.2. The molecule has 1 aliphatic rings. The summed E-state index contributed by atoms with van der Waals surface area (Å²) in [6.07, 6.45) is 3.96. The molecule has 7 heteroatoms. The molecule has 1 atom stereocenters. The van der Waals surface area contributed by atoms with Crippen LogP contribution in [0, 0.1) is 13.8 Å². The van der Waals surface area contributed by atoms with Crippen molar-refractivity contribution in [1.82, 2.24) is 19.3 Å². The fourth-order valence-corrected chi connectivity index (χ4v) is 4.13. The second-order valence-electron chi connectivity index (χ2n) is 5.40. The molecule has 0 N–H and O–H groups in total. The summed E-state index contributed by atoms with van der Waals surface area (Å²) in [6.45, 7) is 4.82. The lowest BCUT2D eigenvalue weighted by molar-refractivity contribution is 0.402. The van der Waals surface area contributed by atoms with Gasteiger partial charge in [0.15, 0.2) is 0 Å². The van der Waals surface area contributed by atoms with Crippen molar-refractivity contribution in [3.05, 3.63) is 41.7 Å². The van der Waals surface area contributed by atoms with Crippen LogP contribution >= 0.6 is 0 Å². The van der Waals surface area contributed by atoms with Gasteiger partial charge in [-0.15, -0.1) is 0 Å². The average Bonchev–Trinajstić information content (AvgIpc) is 3.11. The summed E-state index contributed by atoms with van der Waals surface area (Å²) in [5, 5.41) is 8.19. The van der Waals surface area contributed by atoms with Crippen LogP contribution < -0.4 is 0 Å². The quantitative estimate of drug-likeness (QED) is 0.862. The Kier molecular flexibility index (Phi) is 3.54. The Labute approximate surface area is 124 Å². The first-order valence-electron chi connectivity index (χ1n) is 6.91. The lowest BCUT2D eigenvalue weighted by Crippen LogP contribution is -2.29. The van der Waals surface area contributed by atoms with E-state index < -0.39 is 10.0 Å². The molecule has 1 aliphatic heterocycles. The minimum Gasteiger partial charge on any atom is -0.207 e. The predicted molar refractivity (Wildman–Crippen MR) is 78.4 cm³/mol. The van der Waals surface area contributed by atoms with Crippen LogP contribution in [0.2, 0.25) is 0 Å². The highest BCUT2D eigenvalue weighted by molar-refractivity contribution is 7.89. The molecule has 0 radical (unpaired) electrons. The van der Waals surface area contributed by atoms with Gasteiger partial charge in [-0.3, -0.25) is 0 Å². The Morgan fingerprint density at radius 3 is 2.52 bits per heavy atom. The van der Waals surface area contributed by atoms with Gasteiger partial charge in [-0.2, -0.15) is 19.3 Å². The zero-order chi connectivity index (χ0) is 15.0. The van der Waals surface area contributed by atoms with Crippen molar-refractivity contribution in [2.75, 3.05) is 13.1 Å². The second kappa shape index (κ2) is 5.23. The number of aromatic nitrogens is 3. The van der Waals surface area contributed by atoms with Crippen LogP contribution in [0.4, 0.5) is 0 Å². The Balaban J connectivity index is 1.84. The summed E-state index contributed by atoms with van der Waals surface area (Å²) < 4.78 is 26.9. The summed E-state index contributed by atoms with van der Waals surface area (Å²) in [4.78, 5) is 1.95. The molecule has 3 rings (SSSR count). The molecule has 1 aromatic heterocycles. The van der Waals surface area contributed by atoms with Crippen molar-refractivity contribution < 1.29 is 8.42 Å².